The normalized spacial score (nSPS) is 12.0. The lowest BCUT2D eigenvalue weighted by molar-refractivity contribution is -0.137. The van der Waals surface area contributed by atoms with Crippen LogP contribution in [0.25, 0.3) is 0 Å². The van der Waals surface area contributed by atoms with E-state index in [4.69, 9.17) is 4.74 Å². The second-order valence-corrected chi connectivity index (χ2v) is 3.84. The monoisotopic (exact) mass is 250 g/mol. The molecule has 0 saturated carbocycles. The lowest BCUT2D eigenvalue weighted by atomic mass is 10.4. The highest BCUT2D eigenvalue weighted by Gasteiger charge is 2.26. The van der Waals surface area contributed by atoms with Crippen LogP contribution in [0.2, 0.25) is 0 Å². The Balaban J connectivity index is 2.28. The molecule has 0 atom stereocenters. The molecule has 1 aromatic heterocycles. The summed E-state index contributed by atoms with van der Waals surface area (Å²) in [5.74, 6) is 0. The van der Waals surface area contributed by atoms with Crippen molar-refractivity contribution in [1.29, 1.82) is 0 Å². The first-order chi connectivity index (χ1) is 8.01. The van der Waals surface area contributed by atoms with Crippen molar-refractivity contribution in [2.24, 2.45) is 0 Å². The molecular weight excluding hydrogens is 233 g/mol. The fraction of sp³-hybridized carbons (Fsp3) is 0.727. The molecule has 98 valence electrons. The number of aromatic nitrogens is 2. The maximum absolute atomic E-state index is 12.0. The van der Waals surface area contributed by atoms with Crippen molar-refractivity contribution < 1.29 is 17.9 Å². The number of unbranched alkanes of at least 4 members (excludes halogenated alkanes) is 1. The van der Waals surface area contributed by atoms with E-state index in [-0.39, 0.29) is 6.54 Å². The Hall–Kier alpha value is -1.04. The van der Waals surface area contributed by atoms with Gasteiger partial charge in [0.2, 0.25) is 0 Å². The molecule has 0 bridgehead atoms. The first-order valence-corrected chi connectivity index (χ1v) is 5.68. The zero-order valence-electron chi connectivity index (χ0n) is 9.83. The van der Waals surface area contributed by atoms with Gasteiger partial charge >= 0.3 is 6.18 Å². The van der Waals surface area contributed by atoms with E-state index in [2.05, 4.69) is 12.0 Å². The number of rotatable bonds is 7. The Bertz CT molecular complexity index is 323. The molecule has 0 N–H and O–H groups in total. The van der Waals surface area contributed by atoms with Crippen LogP contribution in [0, 0.1) is 0 Å². The predicted octanol–water partition coefficient (Wildman–Crippen LogP) is 3.15. The van der Waals surface area contributed by atoms with Crippen molar-refractivity contribution in [3.63, 3.8) is 0 Å². The molecule has 0 unspecified atom stereocenters. The largest absolute Gasteiger partial charge is 0.390 e. The Kier molecular flexibility index (Phi) is 5.47. The lowest BCUT2D eigenvalue weighted by Crippen LogP contribution is -2.12. The summed E-state index contributed by atoms with van der Waals surface area (Å²) in [5, 5.41) is 4.00. The van der Waals surface area contributed by atoms with Gasteiger partial charge in [0.1, 0.15) is 0 Å². The molecule has 1 aromatic rings. The van der Waals surface area contributed by atoms with Crippen molar-refractivity contribution in [1.82, 2.24) is 9.78 Å². The van der Waals surface area contributed by atoms with Gasteiger partial charge in [-0.1, -0.05) is 13.3 Å². The van der Waals surface area contributed by atoms with Crippen molar-refractivity contribution in [2.75, 3.05) is 6.61 Å². The van der Waals surface area contributed by atoms with Crippen molar-refractivity contribution in [2.45, 2.75) is 45.5 Å². The van der Waals surface area contributed by atoms with E-state index in [1.54, 1.807) is 12.3 Å². The van der Waals surface area contributed by atoms with Gasteiger partial charge in [-0.25, -0.2) is 0 Å². The maximum Gasteiger partial charge on any atom is 0.390 e. The van der Waals surface area contributed by atoms with Gasteiger partial charge < -0.3 is 4.74 Å². The zero-order valence-corrected chi connectivity index (χ0v) is 9.83. The highest BCUT2D eigenvalue weighted by molar-refractivity contribution is 4.96. The first-order valence-electron chi connectivity index (χ1n) is 5.68. The van der Waals surface area contributed by atoms with E-state index in [0.717, 1.165) is 12.8 Å². The quantitative estimate of drug-likeness (QED) is 0.695. The van der Waals surface area contributed by atoms with Gasteiger partial charge in [0, 0.05) is 19.3 Å². The number of hydrogen-bond donors (Lipinski definition) is 0. The maximum atomic E-state index is 12.0. The topological polar surface area (TPSA) is 27.1 Å². The third-order valence-electron chi connectivity index (χ3n) is 2.21. The van der Waals surface area contributed by atoms with Crippen LogP contribution in [0.1, 0.15) is 31.9 Å². The summed E-state index contributed by atoms with van der Waals surface area (Å²) in [5.41, 5.74) is 0.670. The van der Waals surface area contributed by atoms with Crippen LogP contribution in [-0.4, -0.2) is 22.6 Å². The van der Waals surface area contributed by atoms with Gasteiger partial charge in [0.25, 0.3) is 0 Å². The molecule has 0 aromatic carbocycles. The molecule has 3 nitrogen and oxygen atoms in total. The van der Waals surface area contributed by atoms with Crippen LogP contribution in [0.4, 0.5) is 13.2 Å². The minimum Gasteiger partial charge on any atom is -0.375 e. The molecule has 0 spiro atoms. The molecule has 17 heavy (non-hydrogen) atoms. The smallest absolute Gasteiger partial charge is 0.375 e. The second kappa shape index (κ2) is 6.64. The fourth-order valence-electron chi connectivity index (χ4n) is 1.27. The van der Waals surface area contributed by atoms with E-state index in [9.17, 15) is 13.2 Å². The third-order valence-corrected chi connectivity index (χ3v) is 2.21. The molecule has 6 heteroatoms. The number of ether oxygens (including phenoxy) is 1. The molecular formula is C11H17F3N2O. The number of hydrogen-bond acceptors (Lipinski definition) is 2. The second-order valence-electron chi connectivity index (χ2n) is 3.84. The molecule has 1 heterocycles. The van der Waals surface area contributed by atoms with Crippen molar-refractivity contribution in [3.8, 4) is 0 Å². The number of alkyl halides is 3. The van der Waals surface area contributed by atoms with Crippen LogP contribution in [0.3, 0.4) is 0 Å². The first kappa shape index (κ1) is 14.0. The van der Waals surface area contributed by atoms with Gasteiger partial charge in [-0.2, -0.15) is 18.3 Å². The summed E-state index contributed by atoms with van der Waals surface area (Å²) >= 11 is 0. The molecule has 0 fully saturated rings. The molecule has 1 rings (SSSR count). The molecule has 0 aliphatic heterocycles. The SMILES string of the molecule is CCCCOCc1ccn(CCC(F)(F)F)n1. The minimum absolute atomic E-state index is 0.140. The molecule has 0 aliphatic carbocycles. The van der Waals surface area contributed by atoms with Crippen molar-refractivity contribution >= 4 is 0 Å². The van der Waals surface area contributed by atoms with Crippen LogP contribution < -0.4 is 0 Å². The van der Waals surface area contributed by atoms with Gasteiger partial charge in [0.15, 0.2) is 0 Å². The van der Waals surface area contributed by atoms with Gasteiger partial charge in [-0.15, -0.1) is 0 Å². The average Bonchev–Trinajstić information content (AvgIpc) is 2.69. The van der Waals surface area contributed by atoms with Crippen LogP contribution in [-0.2, 0) is 17.9 Å². The number of aryl methyl sites for hydroxylation is 1. The Labute approximate surface area is 98.6 Å². The summed E-state index contributed by atoms with van der Waals surface area (Å²) in [6, 6.07) is 1.68. The lowest BCUT2D eigenvalue weighted by Gasteiger charge is -2.05. The number of nitrogens with zero attached hydrogens (tertiary/aromatic N) is 2. The molecule has 0 amide bonds. The Morgan fingerprint density at radius 3 is 2.82 bits per heavy atom. The van der Waals surface area contributed by atoms with Gasteiger partial charge in [0.05, 0.1) is 18.7 Å². The summed E-state index contributed by atoms with van der Waals surface area (Å²) in [4.78, 5) is 0. The van der Waals surface area contributed by atoms with Crippen molar-refractivity contribution in [3.05, 3.63) is 18.0 Å². The molecule has 0 saturated heterocycles. The van der Waals surface area contributed by atoms with E-state index in [1.165, 1.54) is 4.68 Å². The third kappa shape index (κ3) is 6.31. The Morgan fingerprint density at radius 2 is 2.18 bits per heavy atom. The summed E-state index contributed by atoms with van der Waals surface area (Å²) < 4.78 is 42.5. The van der Waals surface area contributed by atoms with Crippen LogP contribution in [0.5, 0.6) is 0 Å². The van der Waals surface area contributed by atoms with Gasteiger partial charge in [-0.05, 0) is 12.5 Å². The highest BCUT2D eigenvalue weighted by Crippen LogP contribution is 2.20. The van der Waals surface area contributed by atoms with Crippen LogP contribution in [0.15, 0.2) is 12.3 Å². The number of halogens is 3. The average molecular weight is 250 g/mol. The minimum atomic E-state index is -4.14. The zero-order chi connectivity index (χ0) is 12.7. The van der Waals surface area contributed by atoms with E-state index >= 15 is 0 Å². The van der Waals surface area contributed by atoms with Gasteiger partial charge in [-0.3, -0.25) is 4.68 Å². The van der Waals surface area contributed by atoms with E-state index in [0.29, 0.717) is 18.9 Å². The predicted molar refractivity (Wildman–Crippen MR) is 57.5 cm³/mol. The Morgan fingerprint density at radius 1 is 1.41 bits per heavy atom. The van der Waals surface area contributed by atoms with E-state index in [1.807, 2.05) is 0 Å². The summed E-state index contributed by atoms with van der Waals surface area (Å²) in [6.45, 7) is 2.94. The molecule has 0 radical (unpaired) electrons. The standard InChI is InChI=1S/C11H17F3N2O/c1-2-3-8-17-9-10-4-6-16(15-10)7-5-11(12,13)14/h4,6H,2-3,5,7-9H2,1H3. The fourth-order valence-corrected chi connectivity index (χ4v) is 1.27. The highest BCUT2D eigenvalue weighted by atomic mass is 19.4. The van der Waals surface area contributed by atoms with E-state index < -0.39 is 12.6 Å². The summed E-state index contributed by atoms with van der Waals surface area (Å²) in [7, 11) is 0. The molecule has 0 aliphatic rings. The summed E-state index contributed by atoms with van der Waals surface area (Å²) in [6.07, 6.45) is -1.41. The van der Waals surface area contributed by atoms with Crippen LogP contribution >= 0.6 is 0 Å².